The molecular formula is C19H44N2O6. The summed E-state index contributed by atoms with van der Waals surface area (Å²) >= 11 is 0. The monoisotopic (exact) mass is 396 g/mol. The summed E-state index contributed by atoms with van der Waals surface area (Å²) in [6.07, 6.45) is 0. The van der Waals surface area contributed by atoms with Crippen molar-refractivity contribution in [3.05, 3.63) is 0 Å². The number of Topliss-reactive ketones (excluding diaryl/α,β-unsaturated/α-hetero) is 1. The van der Waals surface area contributed by atoms with Crippen LogP contribution in [-0.4, -0.2) is 70.3 Å². The van der Waals surface area contributed by atoms with E-state index < -0.39 is 0 Å². The summed E-state index contributed by atoms with van der Waals surface area (Å²) in [4.78, 5) is 33.3. The van der Waals surface area contributed by atoms with Crippen LogP contribution in [0, 0.1) is 5.92 Å². The minimum Gasteiger partial charge on any atom is -0.377 e. The number of rotatable bonds is 14. The Hall–Kier alpha value is -1.51. The molecule has 0 aliphatic rings. The van der Waals surface area contributed by atoms with Crippen LogP contribution < -0.4 is 10.6 Å². The van der Waals surface area contributed by atoms with Crippen molar-refractivity contribution >= 4 is 17.6 Å². The summed E-state index contributed by atoms with van der Waals surface area (Å²) < 4.78 is 15.4. The van der Waals surface area contributed by atoms with Crippen molar-refractivity contribution < 1.29 is 31.4 Å². The average molecular weight is 397 g/mol. The van der Waals surface area contributed by atoms with E-state index in [1.165, 1.54) is 6.92 Å². The fraction of sp³-hybridized carbons (Fsp3) is 0.842. The first-order chi connectivity index (χ1) is 12.9. The number of hydrogen-bond acceptors (Lipinski definition) is 6. The summed E-state index contributed by atoms with van der Waals surface area (Å²) in [5.41, 5.74) is 0. The second-order valence-corrected chi connectivity index (χ2v) is 5.22. The molecule has 0 saturated carbocycles. The van der Waals surface area contributed by atoms with Gasteiger partial charge in [-0.1, -0.05) is 41.5 Å². The lowest BCUT2D eigenvalue weighted by Crippen LogP contribution is -2.33. The summed E-state index contributed by atoms with van der Waals surface area (Å²) in [7, 11) is 0. The lowest BCUT2D eigenvalue weighted by molar-refractivity contribution is -0.126. The third kappa shape index (κ3) is 26.8. The summed E-state index contributed by atoms with van der Waals surface area (Å²) in [6, 6.07) is 0. The Bertz CT molecular complexity index is 373. The number of carbonyl (C=O) groups excluding carboxylic acids is 3. The molecule has 0 fully saturated rings. The van der Waals surface area contributed by atoms with E-state index in [9.17, 15) is 14.4 Å². The molecule has 8 heteroatoms. The topological polar surface area (TPSA) is 103 Å². The Morgan fingerprint density at radius 2 is 1.26 bits per heavy atom. The smallest absolute Gasteiger partial charge is 0.246 e. The van der Waals surface area contributed by atoms with Crippen molar-refractivity contribution in [3.63, 3.8) is 0 Å². The minimum absolute atomic E-state index is 0. The highest BCUT2D eigenvalue weighted by Crippen LogP contribution is 1.89. The van der Waals surface area contributed by atoms with Crippen LogP contribution in [0.4, 0.5) is 0 Å². The molecule has 0 aromatic rings. The van der Waals surface area contributed by atoms with Gasteiger partial charge >= 0.3 is 0 Å². The van der Waals surface area contributed by atoms with Crippen LogP contribution in [0.15, 0.2) is 0 Å². The molecule has 166 valence electrons. The van der Waals surface area contributed by atoms with E-state index in [0.29, 0.717) is 32.9 Å². The number of ketones is 1. The molecular weight excluding hydrogens is 352 g/mol. The molecule has 0 radical (unpaired) electrons. The largest absolute Gasteiger partial charge is 0.377 e. The summed E-state index contributed by atoms with van der Waals surface area (Å²) in [6.45, 7) is 15.2. The molecule has 8 nitrogen and oxygen atoms in total. The van der Waals surface area contributed by atoms with Crippen LogP contribution in [0.5, 0.6) is 0 Å². The molecule has 2 amide bonds. The third-order valence-electron chi connectivity index (χ3n) is 2.55. The number of amides is 2. The first kappa shape index (κ1) is 30.2. The van der Waals surface area contributed by atoms with Crippen LogP contribution in [0.2, 0.25) is 0 Å². The van der Waals surface area contributed by atoms with Crippen molar-refractivity contribution in [1.29, 1.82) is 0 Å². The second kappa shape index (κ2) is 24.5. The summed E-state index contributed by atoms with van der Waals surface area (Å²) in [5, 5.41) is 5.33. The first-order valence-electron chi connectivity index (χ1n) is 9.70. The van der Waals surface area contributed by atoms with Crippen LogP contribution in [0.25, 0.3) is 0 Å². The molecule has 2 N–H and O–H groups in total. The maximum Gasteiger partial charge on any atom is 0.246 e. The second-order valence-electron chi connectivity index (χ2n) is 5.22. The Balaban J connectivity index is -0.000000299. The maximum atomic E-state index is 11.4. The Morgan fingerprint density at radius 3 is 1.81 bits per heavy atom. The number of nitrogens with one attached hydrogen (secondary N) is 2. The Labute approximate surface area is 167 Å². The zero-order valence-electron chi connectivity index (χ0n) is 18.2. The molecule has 0 bridgehead atoms. The van der Waals surface area contributed by atoms with Gasteiger partial charge in [0.1, 0.15) is 13.2 Å². The van der Waals surface area contributed by atoms with Crippen LogP contribution in [0.3, 0.4) is 0 Å². The molecule has 0 spiro atoms. The van der Waals surface area contributed by atoms with Crippen molar-refractivity contribution in [2.75, 3.05) is 52.7 Å². The molecule has 27 heavy (non-hydrogen) atoms. The molecule has 0 unspecified atom stereocenters. The summed E-state index contributed by atoms with van der Waals surface area (Å²) in [5.74, 6) is -0.369. The highest BCUT2D eigenvalue weighted by molar-refractivity contribution is 5.78. The van der Waals surface area contributed by atoms with Crippen LogP contribution in [-0.2, 0) is 28.6 Å². The lowest BCUT2D eigenvalue weighted by atomic mass is 10.2. The fourth-order valence-corrected chi connectivity index (χ4v) is 1.36. The zero-order valence-corrected chi connectivity index (χ0v) is 18.2. The van der Waals surface area contributed by atoms with Gasteiger partial charge in [0.15, 0.2) is 5.78 Å². The molecule has 0 aliphatic heterocycles. The van der Waals surface area contributed by atoms with Gasteiger partial charge < -0.3 is 24.8 Å². The molecule has 0 rings (SSSR count). The van der Waals surface area contributed by atoms with E-state index in [1.54, 1.807) is 13.8 Å². The van der Waals surface area contributed by atoms with Gasteiger partial charge in [0.25, 0.3) is 0 Å². The van der Waals surface area contributed by atoms with Crippen molar-refractivity contribution in [2.45, 2.75) is 48.5 Å². The van der Waals surface area contributed by atoms with Gasteiger partial charge in [-0.2, -0.15) is 0 Å². The quantitative estimate of drug-likeness (QED) is 0.436. The standard InChI is InChI=1S/C15H28N2O6.2C2H6.2H2/c1-12(2)15(20)17-5-7-22-11-14(19)16-4-6-21-8-9-23-10-13(3)18;2*1-2;;/h12H,4-11H2,1-3H3,(H,16,19)(H,17,20);2*1-2H3;2*1H. The zero-order chi connectivity index (χ0) is 21.5. The van der Waals surface area contributed by atoms with E-state index in [2.05, 4.69) is 10.6 Å². The predicted octanol–water partition coefficient (Wildman–Crippen LogP) is 2.06. The van der Waals surface area contributed by atoms with Crippen molar-refractivity contribution in [2.24, 2.45) is 5.92 Å². The van der Waals surface area contributed by atoms with Gasteiger partial charge in [-0.25, -0.2) is 0 Å². The van der Waals surface area contributed by atoms with Gasteiger partial charge in [-0.3, -0.25) is 14.4 Å². The highest BCUT2D eigenvalue weighted by Gasteiger charge is 2.05. The number of ether oxygens (including phenoxy) is 3. The first-order valence-corrected chi connectivity index (χ1v) is 9.70. The van der Waals surface area contributed by atoms with E-state index in [4.69, 9.17) is 14.2 Å². The molecule has 0 aromatic carbocycles. The normalized spacial score (nSPS) is 9.48. The van der Waals surface area contributed by atoms with E-state index in [1.807, 2.05) is 27.7 Å². The lowest BCUT2D eigenvalue weighted by Gasteiger charge is -2.09. The van der Waals surface area contributed by atoms with Gasteiger partial charge in [-0.15, -0.1) is 0 Å². The molecule has 0 aliphatic carbocycles. The Kier molecular flexibility index (Phi) is 27.4. The maximum absolute atomic E-state index is 11.4. The third-order valence-corrected chi connectivity index (χ3v) is 2.55. The number of hydrogen-bond donors (Lipinski definition) is 2. The highest BCUT2D eigenvalue weighted by atomic mass is 16.5. The van der Waals surface area contributed by atoms with Gasteiger partial charge in [-0.05, 0) is 6.92 Å². The number of carbonyl (C=O) groups is 3. The van der Waals surface area contributed by atoms with Crippen LogP contribution >= 0.6 is 0 Å². The van der Waals surface area contributed by atoms with Crippen molar-refractivity contribution in [1.82, 2.24) is 10.6 Å². The van der Waals surface area contributed by atoms with Gasteiger partial charge in [0.2, 0.25) is 11.8 Å². The molecule has 0 aromatic heterocycles. The average Bonchev–Trinajstić information content (AvgIpc) is 2.66. The van der Waals surface area contributed by atoms with Gasteiger partial charge in [0, 0.05) is 21.9 Å². The SMILES string of the molecule is CC.CC.CC(=O)COCCOCCNC(=O)COCCNC(=O)C(C)C.[HH].[HH]. The molecule has 0 saturated heterocycles. The van der Waals surface area contributed by atoms with E-state index >= 15 is 0 Å². The molecule has 0 heterocycles. The predicted molar refractivity (Wildman–Crippen MR) is 111 cm³/mol. The minimum atomic E-state index is -0.239. The Morgan fingerprint density at radius 1 is 0.778 bits per heavy atom. The van der Waals surface area contributed by atoms with Crippen molar-refractivity contribution in [3.8, 4) is 0 Å². The fourth-order valence-electron chi connectivity index (χ4n) is 1.36. The molecule has 0 atom stereocenters. The van der Waals surface area contributed by atoms with E-state index in [-0.39, 0.29) is 46.2 Å². The van der Waals surface area contributed by atoms with Crippen LogP contribution in [0.1, 0.15) is 51.3 Å². The van der Waals surface area contributed by atoms with E-state index in [0.717, 1.165) is 0 Å². The van der Waals surface area contributed by atoms with Gasteiger partial charge in [0.05, 0.1) is 26.4 Å².